The summed E-state index contributed by atoms with van der Waals surface area (Å²) in [5.41, 5.74) is 0.615. The highest BCUT2D eigenvalue weighted by atomic mass is 35.5. The van der Waals surface area contributed by atoms with Gasteiger partial charge >= 0.3 is 0 Å². The second-order valence-corrected chi connectivity index (χ2v) is 8.05. The number of nitriles is 1. The zero-order chi connectivity index (χ0) is 18.9. The van der Waals surface area contributed by atoms with Gasteiger partial charge in [-0.3, -0.25) is 0 Å². The van der Waals surface area contributed by atoms with E-state index in [0.717, 1.165) is 5.56 Å². The normalized spacial score (nSPS) is 21.4. The maximum atomic E-state index is 14.2. The van der Waals surface area contributed by atoms with Gasteiger partial charge in [0, 0.05) is 0 Å². The van der Waals surface area contributed by atoms with E-state index in [2.05, 4.69) is 19.9 Å². The van der Waals surface area contributed by atoms with Gasteiger partial charge in [-0.15, -0.1) is 0 Å². The lowest BCUT2D eigenvalue weighted by atomic mass is 9.91. The lowest BCUT2D eigenvalue weighted by Crippen LogP contribution is -2.04. The molecule has 2 nitrogen and oxygen atoms in total. The van der Waals surface area contributed by atoms with Crippen LogP contribution in [0.25, 0.3) is 0 Å². The molecular formula is C21H18Cl2FNO. The molecule has 2 aromatic carbocycles. The van der Waals surface area contributed by atoms with Crippen molar-refractivity contribution in [2.24, 2.45) is 17.3 Å². The van der Waals surface area contributed by atoms with Crippen molar-refractivity contribution in [3.8, 4) is 17.6 Å². The zero-order valence-corrected chi connectivity index (χ0v) is 15.9. The van der Waals surface area contributed by atoms with Gasteiger partial charge in [-0.05, 0) is 47.1 Å². The number of allylic oxidation sites excluding steroid dienone is 1. The minimum absolute atomic E-state index is 0.0510. The fourth-order valence-corrected chi connectivity index (χ4v) is 3.85. The van der Waals surface area contributed by atoms with Gasteiger partial charge in [-0.1, -0.05) is 67.4 Å². The van der Waals surface area contributed by atoms with Crippen LogP contribution in [0, 0.1) is 34.4 Å². The molecule has 0 radical (unpaired) electrons. The van der Waals surface area contributed by atoms with E-state index in [1.54, 1.807) is 30.3 Å². The fourth-order valence-electron chi connectivity index (χ4n) is 3.58. The Labute approximate surface area is 162 Å². The first-order chi connectivity index (χ1) is 12.3. The second-order valence-electron chi connectivity index (χ2n) is 7.04. The molecule has 1 aliphatic carbocycles. The van der Waals surface area contributed by atoms with Crippen LogP contribution in [0.15, 0.2) is 59.1 Å². The topological polar surface area (TPSA) is 33.0 Å². The summed E-state index contributed by atoms with van der Waals surface area (Å²) in [5, 5.41) is 9.75. The molecule has 1 aliphatic rings. The minimum Gasteiger partial charge on any atom is -0.454 e. The molecule has 2 aromatic rings. The predicted molar refractivity (Wildman–Crippen MR) is 102 cm³/mol. The first kappa shape index (κ1) is 18.8. The summed E-state index contributed by atoms with van der Waals surface area (Å²) < 4.78 is 20.0. The molecule has 0 heterocycles. The van der Waals surface area contributed by atoms with E-state index in [9.17, 15) is 9.65 Å². The molecule has 0 aromatic heterocycles. The first-order valence-corrected chi connectivity index (χ1v) is 9.05. The minimum atomic E-state index is -0.468. The van der Waals surface area contributed by atoms with Gasteiger partial charge in [-0.25, -0.2) is 4.39 Å². The molecule has 0 bridgehead atoms. The number of nitrogens with zero attached hydrogens (tertiary/aromatic N) is 1. The van der Waals surface area contributed by atoms with Crippen molar-refractivity contribution >= 4 is 23.2 Å². The Hall–Kier alpha value is -2.02. The number of para-hydroxylation sites is 1. The Morgan fingerprint density at radius 2 is 1.92 bits per heavy atom. The van der Waals surface area contributed by atoms with Crippen LogP contribution in [0.2, 0.25) is 0 Å². The lowest BCUT2D eigenvalue weighted by molar-refractivity contribution is 0.440. The van der Waals surface area contributed by atoms with Crippen LogP contribution in [0.3, 0.4) is 0 Å². The molecule has 1 saturated carbocycles. The summed E-state index contributed by atoms with van der Waals surface area (Å²) >= 11 is 11.6. The van der Waals surface area contributed by atoms with Crippen molar-refractivity contribution in [3.05, 3.63) is 70.5 Å². The Morgan fingerprint density at radius 1 is 1.23 bits per heavy atom. The largest absolute Gasteiger partial charge is 0.454 e. The molecule has 134 valence electrons. The standard InChI is InChI=1S/C21H18Cl2FNO/c1-21(2)16(11-19(22)23)20(21)15(12-25)13-8-9-17(24)18(10-13)26-14-6-4-3-5-7-14/h3-11,15-16,20H,1-2H3. The molecule has 26 heavy (non-hydrogen) atoms. The van der Waals surface area contributed by atoms with Gasteiger partial charge in [0.1, 0.15) is 10.2 Å². The van der Waals surface area contributed by atoms with Crippen LogP contribution in [0.1, 0.15) is 25.3 Å². The molecule has 1 fully saturated rings. The molecule has 3 unspecified atom stereocenters. The first-order valence-electron chi connectivity index (χ1n) is 8.29. The average molecular weight is 390 g/mol. The summed E-state index contributed by atoms with van der Waals surface area (Å²) in [6, 6.07) is 15.9. The van der Waals surface area contributed by atoms with E-state index in [1.165, 1.54) is 6.07 Å². The van der Waals surface area contributed by atoms with E-state index in [1.807, 2.05) is 18.2 Å². The molecule has 0 aliphatic heterocycles. The molecule has 3 atom stereocenters. The van der Waals surface area contributed by atoms with E-state index >= 15 is 0 Å². The van der Waals surface area contributed by atoms with Gasteiger partial charge in [0.25, 0.3) is 0 Å². The quantitative estimate of drug-likeness (QED) is 0.561. The van der Waals surface area contributed by atoms with Gasteiger partial charge < -0.3 is 4.74 Å². The molecule has 0 saturated heterocycles. The monoisotopic (exact) mass is 389 g/mol. The summed E-state index contributed by atoms with van der Waals surface area (Å²) in [7, 11) is 0. The van der Waals surface area contributed by atoms with Crippen molar-refractivity contribution in [1.82, 2.24) is 0 Å². The third-order valence-corrected chi connectivity index (χ3v) is 5.34. The van der Waals surface area contributed by atoms with Gasteiger partial charge in [0.2, 0.25) is 0 Å². The number of rotatable bonds is 5. The fraction of sp³-hybridized carbons (Fsp3) is 0.286. The molecule has 3 rings (SSSR count). The van der Waals surface area contributed by atoms with Crippen molar-refractivity contribution in [2.45, 2.75) is 19.8 Å². The second kappa shape index (κ2) is 7.31. The third kappa shape index (κ3) is 3.72. The predicted octanol–water partition coefficient (Wildman–Crippen LogP) is 6.82. The Balaban J connectivity index is 1.90. The lowest BCUT2D eigenvalue weighted by Gasteiger charge is -2.14. The summed E-state index contributed by atoms with van der Waals surface area (Å²) in [6.45, 7) is 4.15. The number of benzene rings is 2. The van der Waals surface area contributed by atoms with Gasteiger partial charge in [0.05, 0.1) is 12.0 Å². The van der Waals surface area contributed by atoms with E-state index in [4.69, 9.17) is 27.9 Å². The Bertz CT molecular complexity index is 869. The Kier molecular flexibility index (Phi) is 5.27. The van der Waals surface area contributed by atoms with Crippen molar-refractivity contribution in [1.29, 1.82) is 5.26 Å². The highest BCUT2D eigenvalue weighted by Gasteiger charge is 2.60. The van der Waals surface area contributed by atoms with Crippen molar-refractivity contribution < 1.29 is 9.13 Å². The summed E-state index contributed by atoms with van der Waals surface area (Å²) in [5.74, 6) is -0.0774. The van der Waals surface area contributed by atoms with Gasteiger partial charge in [-0.2, -0.15) is 5.26 Å². The maximum absolute atomic E-state index is 14.2. The third-order valence-electron chi connectivity index (χ3n) is 5.09. The maximum Gasteiger partial charge on any atom is 0.165 e. The molecule has 0 amide bonds. The van der Waals surface area contributed by atoms with Crippen LogP contribution in [0.4, 0.5) is 4.39 Å². The smallest absolute Gasteiger partial charge is 0.165 e. The SMILES string of the molecule is CC1(C)C(C=C(Cl)Cl)C1C(C#N)c1ccc(F)c(Oc2ccccc2)c1. The van der Waals surface area contributed by atoms with E-state index < -0.39 is 11.7 Å². The van der Waals surface area contributed by atoms with E-state index in [0.29, 0.717) is 5.75 Å². The molecular weight excluding hydrogens is 372 g/mol. The van der Waals surface area contributed by atoms with Crippen LogP contribution in [0.5, 0.6) is 11.5 Å². The highest BCUT2D eigenvalue weighted by molar-refractivity contribution is 6.55. The number of halogens is 3. The van der Waals surface area contributed by atoms with Crippen LogP contribution >= 0.6 is 23.2 Å². The number of ether oxygens (including phenoxy) is 1. The molecule has 5 heteroatoms. The molecule has 0 N–H and O–H groups in total. The number of hydrogen-bond donors (Lipinski definition) is 0. The van der Waals surface area contributed by atoms with Crippen molar-refractivity contribution in [2.75, 3.05) is 0 Å². The van der Waals surface area contributed by atoms with Crippen LogP contribution in [-0.4, -0.2) is 0 Å². The summed E-state index contributed by atoms with van der Waals surface area (Å²) in [4.78, 5) is 0. The number of hydrogen-bond acceptors (Lipinski definition) is 2. The van der Waals surface area contributed by atoms with Gasteiger partial charge in [0.15, 0.2) is 11.6 Å². The average Bonchev–Trinajstić information content (AvgIpc) is 3.12. The van der Waals surface area contributed by atoms with E-state index in [-0.39, 0.29) is 27.5 Å². The Morgan fingerprint density at radius 3 is 2.54 bits per heavy atom. The highest BCUT2D eigenvalue weighted by Crippen LogP contribution is 2.65. The molecule has 0 spiro atoms. The van der Waals surface area contributed by atoms with Crippen LogP contribution in [-0.2, 0) is 0 Å². The zero-order valence-electron chi connectivity index (χ0n) is 14.4. The van der Waals surface area contributed by atoms with Crippen molar-refractivity contribution in [3.63, 3.8) is 0 Å². The van der Waals surface area contributed by atoms with Crippen LogP contribution < -0.4 is 4.74 Å². The summed E-state index contributed by atoms with van der Waals surface area (Å²) in [6.07, 6.45) is 1.78.